The summed E-state index contributed by atoms with van der Waals surface area (Å²) < 4.78 is 0.810. The first-order chi connectivity index (χ1) is 4.26. The molecule has 3 N–H and O–H groups in total. The second-order valence-corrected chi connectivity index (χ2v) is 2.47. The Morgan fingerprint density at radius 1 is 1.89 bits per heavy atom. The maximum Gasteiger partial charge on any atom is 0.0800 e. The summed E-state index contributed by atoms with van der Waals surface area (Å²) in [6.45, 7) is -0.0807. The van der Waals surface area contributed by atoms with Crippen LogP contribution in [0.15, 0.2) is 9.28 Å². The van der Waals surface area contributed by atoms with Gasteiger partial charge in [0.15, 0.2) is 0 Å². The summed E-state index contributed by atoms with van der Waals surface area (Å²) in [4.78, 5) is 0. The van der Waals surface area contributed by atoms with Crippen molar-refractivity contribution in [3.05, 3.63) is 9.28 Å². The largest absolute Gasteiger partial charge is 0.392 e. The van der Waals surface area contributed by atoms with E-state index in [2.05, 4.69) is 5.32 Å². The first kappa shape index (κ1) is 8.90. The molecule has 52 valence electrons. The third-order valence-corrected chi connectivity index (χ3v) is 2.08. The Morgan fingerprint density at radius 2 is 2.44 bits per heavy atom. The smallest absolute Gasteiger partial charge is 0.0800 e. The van der Waals surface area contributed by atoms with Gasteiger partial charge in [-0.05, 0) is 22.6 Å². The zero-order chi connectivity index (χ0) is 7.28. The fourth-order valence-corrected chi connectivity index (χ4v) is 0.665. The summed E-state index contributed by atoms with van der Waals surface area (Å²) in [6.07, 6.45) is 1.14. The Bertz CT molecular complexity index is 133. The van der Waals surface area contributed by atoms with Crippen LogP contribution in [0.4, 0.5) is 0 Å². The summed E-state index contributed by atoms with van der Waals surface area (Å²) in [5.41, 5.74) is 0.609. The number of hydrogen-bond donors (Lipinski definition) is 3. The standard InChI is InChI=1S/C5H9IN2O/c1-8-5(6)4(2-7)3-9/h2,7-9H,3H2,1H3/b5-4+,7-2?. The third-order valence-electron chi connectivity index (χ3n) is 0.846. The van der Waals surface area contributed by atoms with Gasteiger partial charge in [0.05, 0.1) is 10.3 Å². The monoisotopic (exact) mass is 240 g/mol. The van der Waals surface area contributed by atoms with Gasteiger partial charge in [-0.1, -0.05) is 0 Å². The molecule has 3 nitrogen and oxygen atoms in total. The number of aliphatic hydroxyl groups is 1. The van der Waals surface area contributed by atoms with E-state index < -0.39 is 0 Å². The molecule has 0 aromatic rings. The van der Waals surface area contributed by atoms with Gasteiger partial charge in [0.25, 0.3) is 0 Å². The molecule has 9 heavy (non-hydrogen) atoms. The molecule has 0 spiro atoms. The molecule has 0 bridgehead atoms. The Balaban J connectivity index is 4.18. The van der Waals surface area contributed by atoms with Crippen molar-refractivity contribution in [1.29, 1.82) is 5.41 Å². The molecule has 0 saturated carbocycles. The van der Waals surface area contributed by atoms with Crippen molar-refractivity contribution in [3.8, 4) is 0 Å². The molecule has 0 atom stereocenters. The van der Waals surface area contributed by atoms with Gasteiger partial charge >= 0.3 is 0 Å². The van der Waals surface area contributed by atoms with Crippen LogP contribution in [0.3, 0.4) is 0 Å². The Morgan fingerprint density at radius 3 is 2.56 bits per heavy atom. The van der Waals surface area contributed by atoms with Crippen LogP contribution < -0.4 is 5.32 Å². The Kier molecular flexibility index (Phi) is 4.70. The predicted molar refractivity (Wildman–Crippen MR) is 46.0 cm³/mol. The highest BCUT2D eigenvalue weighted by Crippen LogP contribution is 2.05. The minimum Gasteiger partial charge on any atom is -0.392 e. The van der Waals surface area contributed by atoms with Gasteiger partial charge in [-0.25, -0.2) is 0 Å². The van der Waals surface area contributed by atoms with Crippen molar-refractivity contribution in [2.24, 2.45) is 0 Å². The van der Waals surface area contributed by atoms with Gasteiger partial charge < -0.3 is 15.8 Å². The van der Waals surface area contributed by atoms with Crippen molar-refractivity contribution in [3.63, 3.8) is 0 Å². The molecular formula is C5H9IN2O. The van der Waals surface area contributed by atoms with Crippen LogP contribution >= 0.6 is 22.6 Å². The molecule has 0 aliphatic rings. The normalized spacial score (nSPS) is 12.3. The van der Waals surface area contributed by atoms with E-state index in [1.807, 2.05) is 22.6 Å². The summed E-state index contributed by atoms with van der Waals surface area (Å²) in [6, 6.07) is 0. The molecule has 0 fully saturated rings. The zero-order valence-corrected chi connectivity index (χ0v) is 7.27. The molecule has 4 heteroatoms. The van der Waals surface area contributed by atoms with Crippen LogP contribution in [0.2, 0.25) is 0 Å². The average Bonchev–Trinajstić information content (AvgIpc) is 1.90. The SMILES string of the molecule is CN/C(I)=C(\C=N)CO. The highest BCUT2D eigenvalue weighted by atomic mass is 127. The van der Waals surface area contributed by atoms with Crippen molar-refractivity contribution in [2.75, 3.05) is 13.7 Å². The van der Waals surface area contributed by atoms with E-state index in [1.165, 1.54) is 0 Å². The maximum atomic E-state index is 8.57. The minimum atomic E-state index is -0.0807. The van der Waals surface area contributed by atoms with Gasteiger partial charge in [-0.15, -0.1) is 0 Å². The number of aliphatic hydroxyl groups excluding tert-OH is 1. The van der Waals surface area contributed by atoms with Gasteiger partial charge in [0, 0.05) is 18.8 Å². The fourth-order valence-electron chi connectivity index (χ4n) is 0.339. The van der Waals surface area contributed by atoms with Crippen LogP contribution in [0.1, 0.15) is 0 Å². The molecule has 0 radical (unpaired) electrons. The lowest BCUT2D eigenvalue weighted by Gasteiger charge is -1.99. The maximum absolute atomic E-state index is 8.57. The summed E-state index contributed by atoms with van der Waals surface area (Å²) in [5.74, 6) is 0. The molecule has 0 amide bonds. The predicted octanol–water partition coefficient (Wildman–Crippen LogP) is 0.494. The van der Waals surface area contributed by atoms with Gasteiger partial charge in [-0.2, -0.15) is 0 Å². The zero-order valence-electron chi connectivity index (χ0n) is 5.11. The molecule has 0 saturated heterocycles. The van der Waals surface area contributed by atoms with E-state index in [1.54, 1.807) is 7.05 Å². The van der Waals surface area contributed by atoms with Gasteiger partial charge in [0.2, 0.25) is 0 Å². The van der Waals surface area contributed by atoms with E-state index in [0.717, 1.165) is 9.92 Å². The molecular weight excluding hydrogens is 231 g/mol. The Labute approximate surface area is 67.8 Å². The van der Waals surface area contributed by atoms with Crippen LogP contribution in [0.25, 0.3) is 0 Å². The van der Waals surface area contributed by atoms with Crippen molar-refractivity contribution in [1.82, 2.24) is 5.32 Å². The summed E-state index contributed by atoms with van der Waals surface area (Å²) >= 11 is 2.02. The van der Waals surface area contributed by atoms with Gasteiger partial charge in [-0.3, -0.25) is 0 Å². The lowest BCUT2D eigenvalue weighted by atomic mass is 10.3. The van der Waals surface area contributed by atoms with Crippen LogP contribution in [-0.4, -0.2) is 25.0 Å². The molecule has 0 aromatic carbocycles. The highest BCUT2D eigenvalue weighted by molar-refractivity contribution is 14.1. The second kappa shape index (κ2) is 4.75. The third kappa shape index (κ3) is 2.81. The van der Waals surface area contributed by atoms with Crippen molar-refractivity contribution >= 4 is 28.8 Å². The quantitative estimate of drug-likeness (QED) is 0.382. The molecule has 0 aromatic heterocycles. The molecule has 0 aliphatic carbocycles. The van der Waals surface area contributed by atoms with Crippen molar-refractivity contribution in [2.45, 2.75) is 0 Å². The summed E-state index contributed by atoms with van der Waals surface area (Å²) in [7, 11) is 1.75. The highest BCUT2D eigenvalue weighted by Gasteiger charge is 1.94. The number of rotatable bonds is 3. The van der Waals surface area contributed by atoms with E-state index in [0.29, 0.717) is 5.57 Å². The second-order valence-electron chi connectivity index (χ2n) is 1.39. The minimum absolute atomic E-state index is 0.0807. The molecule has 0 unspecified atom stereocenters. The first-order valence-electron chi connectivity index (χ1n) is 2.44. The van der Waals surface area contributed by atoms with E-state index in [4.69, 9.17) is 10.5 Å². The summed E-state index contributed by atoms with van der Waals surface area (Å²) in [5, 5.41) is 18.2. The number of halogens is 1. The Hall–Kier alpha value is -0.100. The lowest BCUT2D eigenvalue weighted by Crippen LogP contribution is -2.06. The average molecular weight is 240 g/mol. The molecule has 0 rings (SSSR count). The number of nitrogens with one attached hydrogen (secondary N) is 2. The van der Waals surface area contributed by atoms with Crippen LogP contribution in [0.5, 0.6) is 0 Å². The van der Waals surface area contributed by atoms with Gasteiger partial charge in [0.1, 0.15) is 0 Å². The van der Waals surface area contributed by atoms with Crippen molar-refractivity contribution < 1.29 is 5.11 Å². The van der Waals surface area contributed by atoms with Crippen LogP contribution in [0, 0.1) is 5.41 Å². The van der Waals surface area contributed by atoms with Crippen LogP contribution in [-0.2, 0) is 0 Å². The molecule has 0 heterocycles. The fraction of sp³-hybridized carbons (Fsp3) is 0.400. The first-order valence-corrected chi connectivity index (χ1v) is 3.51. The topological polar surface area (TPSA) is 56.1 Å². The van der Waals surface area contributed by atoms with E-state index in [9.17, 15) is 0 Å². The number of hydrogen-bond acceptors (Lipinski definition) is 3. The lowest BCUT2D eigenvalue weighted by molar-refractivity contribution is 0.337. The van der Waals surface area contributed by atoms with E-state index in [-0.39, 0.29) is 6.61 Å². The molecule has 0 aliphatic heterocycles. The van der Waals surface area contributed by atoms with E-state index >= 15 is 0 Å².